The second kappa shape index (κ2) is 5.46. The summed E-state index contributed by atoms with van der Waals surface area (Å²) in [7, 11) is 0. The molecule has 17 heavy (non-hydrogen) atoms. The summed E-state index contributed by atoms with van der Waals surface area (Å²) in [5.41, 5.74) is 1.03. The van der Waals surface area contributed by atoms with Gasteiger partial charge in [0, 0.05) is 20.2 Å². The molecule has 4 heteroatoms. The zero-order valence-electron chi connectivity index (χ0n) is 9.17. The van der Waals surface area contributed by atoms with E-state index in [4.69, 9.17) is 0 Å². The van der Waals surface area contributed by atoms with Crippen LogP contribution in [-0.4, -0.2) is 5.78 Å². The summed E-state index contributed by atoms with van der Waals surface area (Å²) in [5.74, 6) is 0.160. The molecule has 0 saturated carbocycles. The van der Waals surface area contributed by atoms with Crippen molar-refractivity contribution in [2.45, 2.75) is 13.3 Å². The van der Waals surface area contributed by atoms with Gasteiger partial charge in [0.2, 0.25) is 0 Å². The summed E-state index contributed by atoms with van der Waals surface area (Å²) in [4.78, 5) is 14.1. The van der Waals surface area contributed by atoms with Gasteiger partial charge in [-0.25, -0.2) is 0 Å². The highest BCUT2D eigenvalue weighted by Crippen LogP contribution is 2.28. The lowest BCUT2D eigenvalue weighted by atomic mass is 10.1. The fraction of sp³-hybridized carbons (Fsp3) is 0.154. The first-order valence-corrected chi connectivity index (χ1v) is 7.50. The Morgan fingerprint density at radius 1 is 1.29 bits per heavy atom. The highest BCUT2D eigenvalue weighted by molar-refractivity contribution is 9.10. The van der Waals surface area contributed by atoms with Crippen molar-refractivity contribution in [3.8, 4) is 0 Å². The molecule has 1 aromatic carbocycles. The molecule has 0 radical (unpaired) electrons. The van der Waals surface area contributed by atoms with E-state index in [2.05, 4.69) is 31.9 Å². The molecule has 0 aliphatic carbocycles. The van der Waals surface area contributed by atoms with E-state index in [1.165, 1.54) is 11.3 Å². The number of aryl methyl sites for hydroxylation is 1. The highest BCUT2D eigenvalue weighted by atomic mass is 79.9. The van der Waals surface area contributed by atoms with Gasteiger partial charge in [0.15, 0.2) is 5.78 Å². The number of halogens is 2. The third-order valence-corrected chi connectivity index (χ3v) is 4.79. The topological polar surface area (TPSA) is 17.1 Å². The van der Waals surface area contributed by atoms with E-state index in [1.807, 2.05) is 37.3 Å². The first-order valence-electron chi connectivity index (χ1n) is 5.10. The summed E-state index contributed by atoms with van der Waals surface area (Å²) in [6, 6.07) is 9.84. The van der Waals surface area contributed by atoms with Crippen LogP contribution in [0.15, 0.2) is 39.3 Å². The number of hydrogen-bond acceptors (Lipinski definition) is 2. The quantitative estimate of drug-likeness (QED) is 0.691. The van der Waals surface area contributed by atoms with E-state index in [0.29, 0.717) is 6.42 Å². The van der Waals surface area contributed by atoms with Crippen molar-refractivity contribution in [2.75, 3.05) is 0 Å². The van der Waals surface area contributed by atoms with Crippen molar-refractivity contribution >= 4 is 49.0 Å². The summed E-state index contributed by atoms with van der Waals surface area (Å²) >= 11 is 8.37. The molecule has 0 fully saturated rings. The summed E-state index contributed by atoms with van der Waals surface area (Å²) in [6.45, 7) is 2.01. The monoisotopic (exact) mass is 372 g/mol. The standard InChI is InChI=1S/C13H10Br2OS/c1-8-5-11(15)13(17-8)12(16)7-9-3-2-4-10(14)6-9/h2-6H,7H2,1H3. The number of thiophene rings is 1. The largest absolute Gasteiger partial charge is 0.293 e. The summed E-state index contributed by atoms with van der Waals surface area (Å²) < 4.78 is 1.91. The molecule has 0 aliphatic heterocycles. The molecular formula is C13H10Br2OS. The minimum Gasteiger partial charge on any atom is -0.293 e. The van der Waals surface area contributed by atoms with Gasteiger partial charge in [0.1, 0.15) is 0 Å². The van der Waals surface area contributed by atoms with Crippen molar-refractivity contribution in [2.24, 2.45) is 0 Å². The minimum absolute atomic E-state index is 0.160. The minimum atomic E-state index is 0.160. The van der Waals surface area contributed by atoms with E-state index >= 15 is 0 Å². The Hall–Kier alpha value is -0.450. The summed E-state index contributed by atoms with van der Waals surface area (Å²) in [5, 5.41) is 0. The molecule has 0 spiro atoms. The average Bonchev–Trinajstić information content (AvgIpc) is 2.58. The number of carbonyl (C=O) groups is 1. The maximum Gasteiger partial charge on any atom is 0.178 e. The second-order valence-corrected chi connectivity index (χ2v) is 6.79. The Labute approximate surface area is 121 Å². The van der Waals surface area contributed by atoms with E-state index in [1.54, 1.807) is 0 Å². The third-order valence-electron chi connectivity index (χ3n) is 2.32. The molecule has 2 rings (SSSR count). The van der Waals surface area contributed by atoms with Crippen LogP contribution in [-0.2, 0) is 6.42 Å². The van der Waals surface area contributed by atoms with Crippen LogP contribution in [0, 0.1) is 6.92 Å². The molecule has 0 atom stereocenters. The van der Waals surface area contributed by atoms with E-state index in [0.717, 1.165) is 24.3 Å². The van der Waals surface area contributed by atoms with Gasteiger partial charge in [-0.3, -0.25) is 4.79 Å². The van der Waals surface area contributed by atoms with E-state index in [9.17, 15) is 4.79 Å². The molecule has 0 saturated heterocycles. The summed E-state index contributed by atoms with van der Waals surface area (Å²) in [6.07, 6.45) is 0.442. The number of Topliss-reactive ketones (excluding diaryl/α,β-unsaturated/α-hetero) is 1. The van der Waals surface area contributed by atoms with Crippen LogP contribution in [0.1, 0.15) is 20.1 Å². The zero-order chi connectivity index (χ0) is 12.4. The zero-order valence-corrected chi connectivity index (χ0v) is 13.2. The maximum absolute atomic E-state index is 12.1. The lowest BCUT2D eigenvalue weighted by molar-refractivity contribution is 0.0996. The van der Waals surface area contributed by atoms with Gasteiger partial charge in [-0.1, -0.05) is 28.1 Å². The fourth-order valence-electron chi connectivity index (χ4n) is 1.59. The first kappa shape index (κ1) is 13.0. The van der Waals surface area contributed by atoms with Crippen LogP contribution >= 0.6 is 43.2 Å². The van der Waals surface area contributed by atoms with E-state index in [-0.39, 0.29) is 5.78 Å². The number of ketones is 1. The Balaban J connectivity index is 2.20. The van der Waals surface area contributed by atoms with Gasteiger partial charge in [-0.2, -0.15) is 0 Å². The predicted octanol–water partition coefficient (Wildman–Crippen LogP) is 5.01. The van der Waals surface area contributed by atoms with Crippen molar-refractivity contribution < 1.29 is 4.79 Å². The molecule has 2 aromatic rings. The Bertz CT molecular complexity index is 560. The maximum atomic E-state index is 12.1. The normalized spacial score (nSPS) is 10.5. The predicted molar refractivity (Wildman–Crippen MR) is 78.9 cm³/mol. The Morgan fingerprint density at radius 3 is 2.65 bits per heavy atom. The Morgan fingerprint density at radius 2 is 2.06 bits per heavy atom. The molecular weight excluding hydrogens is 364 g/mol. The number of rotatable bonds is 3. The fourth-order valence-corrected chi connectivity index (χ4v) is 3.83. The molecule has 0 aliphatic rings. The van der Waals surface area contributed by atoms with Gasteiger partial charge in [0.05, 0.1) is 4.88 Å². The highest BCUT2D eigenvalue weighted by Gasteiger charge is 2.13. The smallest absolute Gasteiger partial charge is 0.178 e. The van der Waals surface area contributed by atoms with Crippen LogP contribution in [0.4, 0.5) is 0 Å². The number of hydrogen-bond donors (Lipinski definition) is 0. The molecule has 88 valence electrons. The molecule has 0 amide bonds. The van der Waals surface area contributed by atoms with E-state index < -0.39 is 0 Å². The first-order chi connectivity index (χ1) is 8.06. The van der Waals surface area contributed by atoms with Gasteiger partial charge >= 0.3 is 0 Å². The van der Waals surface area contributed by atoms with Gasteiger partial charge < -0.3 is 0 Å². The van der Waals surface area contributed by atoms with Crippen LogP contribution in [0.2, 0.25) is 0 Å². The second-order valence-electron chi connectivity index (χ2n) is 3.76. The van der Waals surface area contributed by atoms with Gasteiger partial charge in [-0.05, 0) is 46.6 Å². The molecule has 1 nitrogen and oxygen atoms in total. The van der Waals surface area contributed by atoms with Crippen molar-refractivity contribution in [1.82, 2.24) is 0 Å². The van der Waals surface area contributed by atoms with Crippen LogP contribution in [0.5, 0.6) is 0 Å². The van der Waals surface area contributed by atoms with Crippen LogP contribution in [0.3, 0.4) is 0 Å². The number of benzene rings is 1. The molecule has 1 aromatic heterocycles. The number of carbonyl (C=O) groups excluding carboxylic acids is 1. The Kier molecular flexibility index (Phi) is 4.17. The van der Waals surface area contributed by atoms with Crippen molar-refractivity contribution in [3.63, 3.8) is 0 Å². The molecule has 0 bridgehead atoms. The van der Waals surface area contributed by atoms with Gasteiger partial charge in [0.25, 0.3) is 0 Å². The van der Waals surface area contributed by atoms with Crippen molar-refractivity contribution in [3.05, 3.63) is 54.6 Å². The lowest BCUT2D eigenvalue weighted by Gasteiger charge is -2.00. The molecule has 1 heterocycles. The van der Waals surface area contributed by atoms with Crippen LogP contribution < -0.4 is 0 Å². The molecule has 0 N–H and O–H groups in total. The van der Waals surface area contributed by atoms with Crippen LogP contribution in [0.25, 0.3) is 0 Å². The van der Waals surface area contributed by atoms with Gasteiger partial charge in [-0.15, -0.1) is 11.3 Å². The molecule has 0 unspecified atom stereocenters. The lowest BCUT2D eigenvalue weighted by Crippen LogP contribution is -2.01. The SMILES string of the molecule is Cc1cc(Br)c(C(=O)Cc2cccc(Br)c2)s1. The third kappa shape index (κ3) is 3.27. The average molecular weight is 374 g/mol. The van der Waals surface area contributed by atoms with Crippen molar-refractivity contribution in [1.29, 1.82) is 0 Å².